The molecule has 1 aromatic carbocycles. The minimum atomic E-state index is -4.33. The van der Waals surface area contributed by atoms with Gasteiger partial charge in [0.05, 0.1) is 11.5 Å². The Balaban J connectivity index is 1.37. The predicted molar refractivity (Wildman–Crippen MR) is 112 cm³/mol. The molecular weight excluding hydrogens is 411 g/mol. The highest BCUT2D eigenvalue weighted by atomic mass is 32.2. The molecule has 4 nitrogen and oxygen atoms in total. The summed E-state index contributed by atoms with van der Waals surface area (Å²) in [6.07, 6.45) is 3.55. The summed E-state index contributed by atoms with van der Waals surface area (Å²) in [5, 5.41) is 0. The summed E-state index contributed by atoms with van der Waals surface area (Å²) < 4.78 is 41.5. The maximum absolute atomic E-state index is 13.1. The highest BCUT2D eigenvalue weighted by molar-refractivity contribution is 7.97. The predicted octanol–water partition coefficient (Wildman–Crippen LogP) is 4.69. The number of amides is 1. The molecule has 3 fully saturated rings. The summed E-state index contributed by atoms with van der Waals surface area (Å²) in [7, 11) is 0. The van der Waals surface area contributed by atoms with Crippen molar-refractivity contribution in [3.8, 4) is 0 Å². The number of likely N-dealkylation sites (tertiary alicyclic amines) is 1. The van der Waals surface area contributed by atoms with Crippen molar-refractivity contribution in [1.82, 2.24) is 9.21 Å². The number of benzene rings is 1. The molecule has 1 saturated heterocycles. The fraction of sp³-hybridized carbons (Fsp3) is 0.682. The second-order valence-electron chi connectivity index (χ2n) is 8.82. The molecule has 2 atom stereocenters. The van der Waals surface area contributed by atoms with Gasteiger partial charge in [-0.05, 0) is 68.7 Å². The van der Waals surface area contributed by atoms with Gasteiger partial charge in [0.15, 0.2) is 0 Å². The van der Waals surface area contributed by atoms with Gasteiger partial charge in [0, 0.05) is 36.1 Å². The van der Waals surface area contributed by atoms with Crippen LogP contribution in [-0.2, 0) is 11.0 Å². The lowest BCUT2D eigenvalue weighted by Crippen LogP contribution is -2.50. The number of carbonyl (C=O) groups is 1. The number of rotatable bonds is 5. The lowest BCUT2D eigenvalue weighted by atomic mass is 9.83. The van der Waals surface area contributed by atoms with E-state index in [0.717, 1.165) is 57.4 Å². The maximum Gasteiger partial charge on any atom is 0.416 e. The highest BCUT2D eigenvalue weighted by Gasteiger charge is 2.39. The van der Waals surface area contributed by atoms with Crippen LogP contribution in [0.3, 0.4) is 0 Å². The summed E-state index contributed by atoms with van der Waals surface area (Å²) in [6.45, 7) is 1.41. The Morgan fingerprint density at radius 3 is 2.33 bits per heavy atom. The van der Waals surface area contributed by atoms with E-state index in [1.807, 2.05) is 4.90 Å². The van der Waals surface area contributed by atoms with Gasteiger partial charge in [-0.25, -0.2) is 4.31 Å². The zero-order valence-electron chi connectivity index (χ0n) is 17.1. The molecule has 1 amide bonds. The Morgan fingerprint density at radius 1 is 1.03 bits per heavy atom. The SMILES string of the molecule is NC1CCCCC1C(=O)N1CCC(N(Sc2cccc(C(F)(F)F)c2)C2CC2)CC1. The molecule has 1 heterocycles. The number of carbonyl (C=O) groups excluding carboxylic acids is 1. The smallest absolute Gasteiger partial charge is 0.342 e. The lowest BCUT2D eigenvalue weighted by Gasteiger charge is -2.40. The Labute approximate surface area is 180 Å². The van der Waals surface area contributed by atoms with Crippen LogP contribution in [-0.4, -0.2) is 46.3 Å². The van der Waals surface area contributed by atoms with Crippen molar-refractivity contribution in [2.45, 2.75) is 80.6 Å². The van der Waals surface area contributed by atoms with E-state index in [2.05, 4.69) is 4.31 Å². The molecule has 0 aromatic heterocycles. The molecule has 1 aromatic rings. The van der Waals surface area contributed by atoms with Crippen LogP contribution < -0.4 is 5.73 Å². The third kappa shape index (κ3) is 5.14. The Hall–Kier alpha value is -1.25. The first-order valence-corrected chi connectivity index (χ1v) is 11.8. The van der Waals surface area contributed by atoms with Gasteiger partial charge in [0.1, 0.15) is 0 Å². The molecular formula is C22H30F3N3OS. The first-order valence-electron chi connectivity index (χ1n) is 11.0. The lowest BCUT2D eigenvalue weighted by molar-refractivity contribution is -0.139. The molecule has 166 valence electrons. The zero-order chi connectivity index (χ0) is 21.3. The summed E-state index contributed by atoms with van der Waals surface area (Å²) >= 11 is 1.44. The number of piperidine rings is 1. The van der Waals surface area contributed by atoms with Gasteiger partial charge in [-0.1, -0.05) is 18.9 Å². The Kier molecular flexibility index (Phi) is 6.65. The monoisotopic (exact) mass is 441 g/mol. The molecule has 3 aliphatic rings. The summed E-state index contributed by atoms with van der Waals surface area (Å²) in [5.41, 5.74) is 5.60. The van der Waals surface area contributed by atoms with Crippen molar-refractivity contribution in [3.05, 3.63) is 29.8 Å². The summed E-state index contributed by atoms with van der Waals surface area (Å²) in [5.74, 6) is 0.151. The van der Waals surface area contributed by atoms with Crippen LogP contribution in [0.2, 0.25) is 0 Å². The number of halogens is 3. The van der Waals surface area contributed by atoms with Crippen molar-refractivity contribution in [2.75, 3.05) is 13.1 Å². The number of alkyl halides is 3. The molecule has 30 heavy (non-hydrogen) atoms. The van der Waals surface area contributed by atoms with E-state index in [9.17, 15) is 18.0 Å². The van der Waals surface area contributed by atoms with E-state index in [1.54, 1.807) is 6.07 Å². The van der Waals surface area contributed by atoms with Crippen molar-refractivity contribution >= 4 is 17.9 Å². The van der Waals surface area contributed by atoms with E-state index < -0.39 is 11.7 Å². The van der Waals surface area contributed by atoms with Gasteiger partial charge in [0.25, 0.3) is 0 Å². The zero-order valence-corrected chi connectivity index (χ0v) is 17.9. The largest absolute Gasteiger partial charge is 0.416 e. The highest BCUT2D eigenvalue weighted by Crippen LogP contribution is 2.41. The maximum atomic E-state index is 13.1. The molecule has 2 unspecified atom stereocenters. The van der Waals surface area contributed by atoms with Crippen LogP contribution >= 0.6 is 11.9 Å². The van der Waals surface area contributed by atoms with Crippen molar-refractivity contribution in [2.24, 2.45) is 11.7 Å². The minimum Gasteiger partial charge on any atom is -0.342 e. The van der Waals surface area contributed by atoms with Gasteiger partial charge in [-0.15, -0.1) is 0 Å². The minimum absolute atomic E-state index is 0.0246. The van der Waals surface area contributed by atoms with Crippen molar-refractivity contribution in [3.63, 3.8) is 0 Å². The van der Waals surface area contributed by atoms with E-state index >= 15 is 0 Å². The number of hydrogen-bond donors (Lipinski definition) is 1. The van der Waals surface area contributed by atoms with Gasteiger partial charge in [-0.3, -0.25) is 4.79 Å². The van der Waals surface area contributed by atoms with Gasteiger partial charge in [-0.2, -0.15) is 13.2 Å². The molecule has 2 saturated carbocycles. The summed E-state index contributed by atoms with van der Waals surface area (Å²) in [4.78, 5) is 15.5. The molecule has 4 rings (SSSR count). The molecule has 2 N–H and O–H groups in total. The average molecular weight is 442 g/mol. The first-order chi connectivity index (χ1) is 14.3. The van der Waals surface area contributed by atoms with E-state index in [0.29, 0.717) is 24.0 Å². The second-order valence-corrected chi connectivity index (χ2v) is 9.89. The number of nitrogens with two attached hydrogens (primary N) is 1. The van der Waals surface area contributed by atoms with Crippen LogP contribution in [0.25, 0.3) is 0 Å². The van der Waals surface area contributed by atoms with Crippen LogP contribution in [0.1, 0.15) is 56.9 Å². The van der Waals surface area contributed by atoms with Gasteiger partial charge < -0.3 is 10.6 Å². The van der Waals surface area contributed by atoms with E-state index in [-0.39, 0.29) is 23.9 Å². The van der Waals surface area contributed by atoms with Crippen molar-refractivity contribution in [1.29, 1.82) is 0 Å². The van der Waals surface area contributed by atoms with Crippen LogP contribution in [0.4, 0.5) is 13.2 Å². The van der Waals surface area contributed by atoms with E-state index in [4.69, 9.17) is 5.73 Å². The molecule has 1 aliphatic heterocycles. The van der Waals surface area contributed by atoms with Crippen LogP contribution in [0.15, 0.2) is 29.2 Å². The number of nitrogens with zero attached hydrogens (tertiary/aromatic N) is 2. The molecule has 0 bridgehead atoms. The first kappa shape index (κ1) is 22.0. The third-order valence-corrected chi connectivity index (χ3v) is 7.82. The molecule has 2 aliphatic carbocycles. The van der Waals surface area contributed by atoms with Crippen molar-refractivity contribution < 1.29 is 18.0 Å². The van der Waals surface area contributed by atoms with Crippen LogP contribution in [0.5, 0.6) is 0 Å². The third-order valence-electron chi connectivity index (χ3n) is 6.55. The van der Waals surface area contributed by atoms with Crippen LogP contribution in [0, 0.1) is 5.92 Å². The fourth-order valence-corrected chi connectivity index (χ4v) is 5.95. The summed E-state index contributed by atoms with van der Waals surface area (Å²) in [6, 6.07) is 6.26. The second kappa shape index (κ2) is 9.09. The quantitative estimate of drug-likeness (QED) is 0.674. The normalized spacial score (nSPS) is 26.2. The van der Waals surface area contributed by atoms with E-state index in [1.165, 1.54) is 24.1 Å². The van der Waals surface area contributed by atoms with Gasteiger partial charge in [0.2, 0.25) is 5.91 Å². The average Bonchev–Trinajstić information content (AvgIpc) is 3.57. The van der Waals surface area contributed by atoms with Gasteiger partial charge >= 0.3 is 6.18 Å². The molecule has 0 radical (unpaired) electrons. The number of hydrogen-bond acceptors (Lipinski definition) is 4. The molecule has 8 heteroatoms. The standard InChI is InChI=1S/C22H30F3N3OS/c23-22(24,25)15-4-3-5-18(14-15)30-28(16-8-9-16)17-10-12-27(13-11-17)21(29)19-6-1-2-7-20(19)26/h3-5,14,16-17,19-20H,1-2,6-13,26H2. The Morgan fingerprint density at radius 2 is 1.70 bits per heavy atom. The molecule has 0 spiro atoms. The topological polar surface area (TPSA) is 49.6 Å². The Bertz CT molecular complexity index is 747. The fourth-order valence-electron chi connectivity index (χ4n) is 4.67.